The second kappa shape index (κ2) is 13.7. The molecule has 0 aliphatic carbocycles. The van der Waals surface area contributed by atoms with E-state index in [9.17, 15) is 0 Å². The lowest BCUT2D eigenvalue weighted by molar-refractivity contribution is 0.669. The molecule has 0 unspecified atom stereocenters. The van der Waals surface area contributed by atoms with E-state index in [1.807, 2.05) is 146 Å². The van der Waals surface area contributed by atoms with Gasteiger partial charge < -0.3 is 4.42 Å². The van der Waals surface area contributed by atoms with Crippen molar-refractivity contribution >= 4 is 21.9 Å². The Bertz CT molecular complexity index is 2840. The lowest BCUT2D eigenvalue weighted by Crippen LogP contribution is -2.00. The molecule has 0 amide bonds. The Morgan fingerprint density at radius 3 is 1.07 bits per heavy atom. The summed E-state index contributed by atoms with van der Waals surface area (Å²) in [6.45, 7) is 0. The Hall–Kier alpha value is -7.64. The molecule has 0 saturated heterocycles. The highest BCUT2D eigenvalue weighted by molar-refractivity contribution is 6.13. The van der Waals surface area contributed by atoms with E-state index in [1.165, 1.54) is 0 Å². The van der Waals surface area contributed by atoms with Crippen LogP contribution in [0.3, 0.4) is 0 Å². The number of hydrogen-bond donors (Lipinski definition) is 0. The highest BCUT2D eigenvalue weighted by atomic mass is 16.3. The Labute approximate surface area is 316 Å². The van der Waals surface area contributed by atoms with Gasteiger partial charge in [0.05, 0.1) is 0 Å². The van der Waals surface area contributed by atoms with Gasteiger partial charge in [-0.1, -0.05) is 158 Å². The van der Waals surface area contributed by atoms with Crippen LogP contribution in [0.5, 0.6) is 0 Å². The van der Waals surface area contributed by atoms with Gasteiger partial charge in [0.25, 0.3) is 0 Å². The molecule has 10 aromatic rings. The predicted octanol–water partition coefficient (Wildman–Crippen LogP) is 11.6. The first-order valence-electron chi connectivity index (χ1n) is 18.0. The second-order valence-electron chi connectivity index (χ2n) is 13.1. The van der Waals surface area contributed by atoms with Gasteiger partial charge in [-0.25, -0.2) is 29.9 Å². The average molecular weight is 707 g/mol. The molecule has 258 valence electrons. The summed E-state index contributed by atoms with van der Waals surface area (Å²) in [5.74, 6) is 3.69. The maximum Gasteiger partial charge on any atom is 0.164 e. The van der Waals surface area contributed by atoms with Gasteiger partial charge in [-0.15, -0.1) is 0 Å². The molecule has 0 fully saturated rings. The number of benzene rings is 7. The summed E-state index contributed by atoms with van der Waals surface area (Å²) in [5.41, 5.74) is 9.16. The minimum Gasteiger partial charge on any atom is -0.456 e. The third-order valence-electron chi connectivity index (χ3n) is 9.61. The highest BCUT2D eigenvalue weighted by Gasteiger charge is 2.18. The molecule has 0 bridgehead atoms. The number of nitrogens with zero attached hydrogens (tertiary/aromatic N) is 6. The van der Waals surface area contributed by atoms with Crippen LogP contribution in [-0.2, 0) is 0 Å². The lowest BCUT2D eigenvalue weighted by atomic mass is 9.97. The Kier molecular flexibility index (Phi) is 8.00. The van der Waals surface area contributed by atoms with Crippen LogP contribution in [0, 0.1) is 0 Å². The maximum absolute atomic E-state index is 6.41. The summed E-state index contributed by atoms with van der Waals surface area (Å²) in [5, 5.41) is 2.00. The quantitative estimate of drug-likeness (QED) is 0.163. The number of furan rings is 1. The van der Waals surface area contributed by atoms with Crippen molar-refractivity contribution in [3.05, 3.63) is 182 Å². The van der Waals surface area contributed by atoms with Crippen molar-refractivity contribution in [2.75, 3.05) is 0 Å². The van der Waals surface area contributed by atoms with Crippen LogP contribution >= 0.6 is 0 Å². The normalized spacial score (nSPS) is 11.3. The van der Waals surface area contributed by atoms with Gasteiger partial charge in [-0.3, -0.25) is 0 Å². The van der Waals surface area contributed by atoms with Gasteiger partial charge in [0.1, 0.15) is 11.2 Å². The Morgan fingerprint density at radius 1 is 0.273 bits per heavy atom. The summed E-state index contributed by atoms with van der Waals surface area (Å²) >= 11 is 0. The smallest absolute Gasteiger partial charge is 0.164 e. The topological polar surface area (TPSA) is 90.5 Å². The standard InChI is InChI=1S/C48H30N6O/c1-5-14-32(15-6-1)43-49-44(33-16-7-2-8-17-33)52-47(51-43)36-26-24-31(25-27-36)38-22-13-23-41-42(38)39-30-37(28-29-40(39)55-41)48-53-45(34-18-9-3-10-19-34)50-46(54-48)35-20-11-4-12-21-35/h1-30H. The molecule has 55 heavy (non-hydrogen) atoms. The monoisotopic (exact) mass is 706 g/mol. The molecular weight excluding hydrogens is 677 g/mol. The minimum atomic E-state index is 0.591. The Balaban J connectivity index is 1.07. The predicted molar refractivity (Wildman–Crippen MR) is 219 cm³/mol. The molecule has 0 atom stereocenters. The van der Waals surface area contributed by atoms with E-state index >= 15 is 0 Å². The fraction of sp³-hybridized carbons (Fsp3) is 0. The van der Waals surface area contributed by atoms with Crippen molar-refractivity contribution in [2.45, 2.75) is 0 Å². The van der Waals surface area contributed by atoms with E-state index in [0.717, 1.165) is 66.4 Å². The third kappa shape index (κ3) is 6.19. The fourth-order valence-corrected chi connectivity index (χ4v) is 6.88. The van der Waals surface area contributed by atoms with Crippen molar-refractivity contribution in [1.29, 1.82) is 0 Å². The van der Waals surface area contributed by atoms with Crippen molar-refractivity contribution in [3.63, 3.8) is 0 Å². The van der Waals surface area contributed by atoms with Crippen LogP contribution in [0.4, 0.5) is 0 Å². The molecule has 3 aromatic heterocycles. The summed E-state index contributed by atoms with van der Waals surface area (Å²) < 4.78 is 6.41. The van der Waals surface area contributed by atoms with Crippen molar-refractivity contribution in [2.24, 2.45) is 0 Å². The second-order valence-corrected chi connectivity index (χ2v) is 13.1. The molecule has 0 aliphatic rings. The summed E-state index contributed by atoms with van der Waals surface area (Å²) in [4.78, 5) is 29.5. The van der Waals surface area contributed by atoms with Crippen LogP contribution in [-0.4, -0.2) is 29.9 Å². The molecule has 0 saturated carbocycles. The molecule has 0 spiro atoms. The van der Waals surface area contributed by atoms with Crippen molar-refractivity contribution in [1.82, 2.24) is 29.9 Å². The third-order valence-corrected chi connectivity index (χ3v) is 9.61. The first-order valence-corrected chi connectivity index (χ1v) is 18.0. The number of hydrogen-bond acceptors (Lipinski definition) is 7. The van der Waals surface area contributed by atoms with Gasteiger partial charge in [0.15, 0.2) is 34.9 Å². The first-order chi connectivity index (χ1) is 27.2. The zero-order valence-corrected chi connectivity index (χ0v) is 29.4. The van der Waals surface area contributed by atoms with Gasteiger partial charge >= 0.3 is 0 Å². The number of fused-ring (bicyclic) bond motifs is 3. The molecule has 7 aromatic carbocycles. The van der Waals surface area contributed by atoms with Crippen molar-refractivity contribution in [3.8, 4) is 79.5 Å². The van der Waals surface area contributed by atoms with Gasteiger partial charge in [0, 0.05) is 44.2 Å². The summed E-state index contributed by atoms with van der Waals surface area (Å²) in [6, 6.07) is 60.7. The van der Waals surface area contributed by atoms with Crippen molar-refractivity contribution < 1.29 is 4.42 Å². The van der Waals surface area contributed by atoms with E-state index in [4.69, 9.17) is 34.3 Å². The number of rotatable bonds is 7. The zero-order valence-electron chi connectivity index (χ0n) is 29.4. The van der Waals surface area contributed by atoms with Crippen LogP contribution in [0.15, 0.2) is 186 Å². The molecule has 0 aliphatic heterocycles. The maximum atomic E-state index is 6.41. The molecule has 10 rings (SSSR count). The van der Waals surface area contributed by atoms with E-state index in [0.29, 0.717) is 34.9 Å². The number of aromatic nitrogens is 6. The zero-order chi connectivity index (χ0) is 36.6. The van der Waals surface area contributed by atoms with Gasteiger partial charge in [-0.2, -0.15) is 0 Å². The van der Waals surface area contributed by atoms with Crippen LogP contribution in [0.2, 0.25) is 0 Å². The van der Waals surface area contributed by atoms with Gasteiger partial charge in [0.2, 0.25) is 0 Å². The molecule has 3 heterocycles. The molecule has 0 radical (unpaired) electrons. The van der Waals surface area contributed by atoms with E-state index in [-0.39, 0.29) is 0 Å². The van der Waals surface area contributed by atoms with E-state index in [2.05, 4.69) is 36.4 Å². The van der Waals surface area contributed by atoms with Crippen LogP contribution in [0.25, 0.3) is 101 Å². The SMILES string of the molecule is c1ccc(-c2nc(-c3ccccc3)nc(-c3ccc(-c4cccc5oc6ccc(-c7nc(-c8ccccc8)nc(-c8ccccc8)n7)cc6c45)cc3)n2)cc1. The highest BCUT2D eigenvalue weighted by Crippen LogP contribution is 2.39. The summed E-state index contributed by atoms with van der Waals surface area (Å²) in [6.07, 6.45) is 0. The van der Waals surface area contributed by atoms with E-state index in [1.54, 1.807) is 0 Å². The van der Waals surface area contributed by atoms with Crippen LogP contribution < -0.4 is 0 Å². The van der Waals surface area contributed by atoms with Crippen LogP contribution in [0.1, 0.15) is 0 Å². The molecule has 0 N–H and O–H groups in total. The fourth-order valence-electron chi connectivity index (χ4n) is 6.88. The lowest BCUT2D eigenvalue weighted by Gasteiger charge is -2.10. The molecule has 7 nitrogen and oxygen atoms in total. The minimum absolute atomic E-state index is 0.591. The largest absolute Gasteiger partial charge is 0.456 e. The molecular formula is C48H30N6O. The molecule has 7 heteroatoms. The van der Waals surface area contributed by atoms with E-state index < -0.39 is 0 Å². The first kappa shape index (κ1) is 32.0. The summed E-state index contributed by atoms with van der Waals surface area (Å²) in [7, 11) is 0. The van der Waals surface area contributed by atoms with Gasteiger partial charge in [-0.05, 0) is 35.4 Å². The average Bonchev–Trinajstić information content (AvgIpc) is 3.66. The Morgan fingerprint density at radius 2 is 0.636 bits per heavy atom.